The zero-order chi connectivity index (χ0) is 11.2. The van der Waals surface area contributed by atoms with Gasteiger partial charge in [0, 0.05) is 10.0 Å². The van der Waals surface area contributed by atoms with E-state index < -0.39 is 20.7 Å². The van der Waals surface area contributed by atoms with Crippen LogP contribution in [-0.2, 0) is 14.6 Å². The Morgan fingerprint density at radius 3 is 2.53 bits per heavy atom. The fraction of sp³-hybridized carbons (Fsp3) is 0. The summed E-state index contributed by atoms with van der Waals surface area (Å²) in [5.74, 6) is -1.43. The zero-order valence-corrected chi connectivity index (χ0v) is 9.67. The van der Waals surface area contributed by atoms with Crippen molar-refractivity contribution in [1.29, 1.82) is 0 Å². The summed E-state index contributed by atoms with van der Waals surface area (Å²) in [5.41, 5.74) is 0.398. The quantitative estimate of drug-likeness (QED) is 0.853. The third-order valence-electron chi connectivity index (χ3n) is 2.08. The summed E-state index contributed by atoms with van der Waals surface area (Å²) in [4.78, 5) is 10.2. The van der Waals surface area contributed by atoms with Crippen LogP contribution in [0.1, 0.15) is 5.56 Å². The largest absolute Gasteiger partial charge is 0.477 e. The van der Waals surface area contributed by atoms with Gasteiger partial charge in [0.15, 0.2) is 4.91 Å². The average Bonchev–Trinajstić information content (AvgIpc) is 2.40. The number of benzene rings is 1. The molecule has 1 N–H and O–H groups in total. The lowest BCUT2D eigenvalue weighted by Gasteiger charge is -2.00. The normalized spacial score (nSPS) is 17.0. The molecule has 0 amide bonds. The van der Waals surface area contributed by atoms with E-state index in [0.29, 0.717) is 10.0 Å². The van der Waals surface area contributed by atoms with Gasteiger partial charge in [0.2, 0.25) is 9.84 Å². The number of hydrogen-bond donors (Lipinski definition) is 1. The Balaban J connectivity index is 2.81. The minimum atomic E-state index is -3.84. The molecule has 0 bridgehead atoms. The van der Waals surface area contributed by atoms with Crippen molar-refractivity contribution in [3.8, 4) is 0 Å². The first kappa shape index (κ1) is 10.4. The first-order valence-corrected chi connectivity index (χ1v) is 6.21. The van der Waals surface area contributed by atoms with Gasteiger partial charge >= 0.3 is 5.97 Å². The van der Waals surface area contributed by atoms with Crippen molar-refractivity contribution in [2.75, 3.05) is 0 Å². The predicted octanol–water partition coefficient (Wildman–Crippen LogP) is 1.66. The molecule has 1 heterocycles. The molecule has 15 heavy (non-hydrogen) atoms. The molecule has 0 unspecified atom stereocenters. The molecule has 6 heteroatoms. The molecule has 1 aliphatic heterocycles. The highest BCUT2D eigenvalue weighted by Gasteiger charge is 2.34. The van der Waals surface area contributed by atoms with Crippen LogP contribution >= 0.6 is 15.9 Å². The minimum absolute atomic E-state index is 0.0364. The van der Waals surface area contributed by atoms with Crippen molar-refractivity contribution < 1.29 is 18.3 Å². The number of halogens is 1. The monoisotopic (exact) mass is 288 g/mol. The standard InChI is InChI=1S/C9H5BrO4S/c10-6-2-1-3-7-5(6)4-8(9(11)12)15(7,13)14/h1-4H,(H,11,12). The number of fused-ring (bicyclic) bond motifs is 1. The van der Waals surface area contributed by atoms with E-state index in [1.807, 2.05) is 0 Å². The van der Waals surface area contributed by atoms with Gasteiger partial charge in [-0.3, -0.25) is 0 Å². The fourth-order valence-corrected chi connectivity index (χ4v) is 3.46. The highest BCUT2D eigenvalue weighted by molar-refractivity contribution is 9.10. The number of aliphatic carboxylic acids is 1. The number of carboxylic acids is 1. The summed E-state index contributed by atoms with van der Waals surface area (Å²) in [6.45, 7) is 0. The number of carboxylic acid groups (broad SMARTS) is 1. The molecule has 0 fully saturated rings. The summed E-state index contributed by atoms with van der Waals surface area (Å²) in [7, 11) is -3.84. The Morgan fingerprint density at radius 2 is 2.00 bits per heavy atom. The lowest BCUT2D eigenvalue weighted by atomic mass is 10.2. The van der Waals surface area contributed by atoms with Crippen molar-refractivity contribution in [3.63, 3.8) is 0 Å². The molecule has 4 nitrogen and oxygen atoms in total. The van der Waals surface area contributed by atoms with Gasteiger partial charge in [-0.15, -0.1) is 0 Å². The maximum atomic E-state index is 11.7. The van der Waals surface area contributed by atoms with Crippen LogP contribution in [0.15, 0.2) is 32.5 Å². The van der Waals surface area contributed by atoms with Crippen LogP contribution in [-0.4, -0.2) is 19.5 Å². The lowest BCUT2D eigenvalue weighted by molar-refractivity contribution is -0.131. The second-order valence-corrected chi connectivity index (χ2v) is 5.71. The summed E-state index contributed by atoms with van der Waals surface area (Å²) in [6.07, 6.45) is 1.16. The summed E-state index contributed by atoms with van der Waals surface area (Å²) in [6, 6.07) is 4.61. The van der Waals surface area contributed by atoms with Gasteiger partial charge in [-0.25, -0.2) is 13.2 Å². The molecule has 0 atom stereocenters. The van der Waals surface area contributed by atoms with E-state index in [-0.39, 0.29) is 4.90 Å². The first-order valence-electron chi connectivity index (χ1n) is 3.93. The second-order valence-electron chi connectivity index (χ2n) is 2.97. The molecule has 78 valence electrons. The smallest absolute Gasteiger partial charge is 0.347 e. The SMILES string of the molecule is O=C(O)C1=Cc2c(Br)cccc2S1(=O)=O. The van der Waals surface area contributed by atoms with E-state index in [0.717, 1.165) is 6.08 Å². The molecule has 0 radical (unpaired) electrons. The van der Waals surface area contributed by atoms with Gasteiger partial charge < -0.3 is 5.11 Å². The van der Waals surface area contributed by atoms with Gasteiger partial charge in [0.1, 0.15) is 0 Å². The first-order chi connectivity index (χ1) is 6.94. The molecule has 0 spiro atoms. The lowest BCUT2D eigenvalue weighted by Crippen LogP contribution is -2.09. The van der Waals surface area contributed by atoms with Crippen LogP contribution in [0.4, 0.5) is 0 Å². The Labute approximate surface area is 94.3 Å². The molecule has 0 saturated heterocycles. The van der Waals surface area contributed by atoms with Gasteiger partial charge in [0.05, 0.1) is 4.90 Å². The number of sulfone groups is 1. The zero-order valence-electron chi connectivity index (χ0n) is 7.27. The number of carbonyl (C=O) groups is 1. The maximum absolute atomic E-state index is 11.7. The Hall–Kier alpha value is -1.14. The number of rotatable bonds is 1. The number of hydrogen-bond acceptors (Lipinski definition) is 3. The molecule has 1 aromatic rings. The van der Waals surface area contributed by atoms with Gasteiger partial charge in [-0.2, -0.15) is 0 Å². The summed E-state index contributed by atoms with van der Waals surface area (Å²) >= 11 is 3.17. The fourth-order valence-electron chi connectivity index (χ4n) is 1.40. The van der Waals surface area contributed by atoms with E-state index in [1.165, 1.54) is 6.07 Å². The molecule has 1 aromatic carbocycles. The highest BCUT2D eigenvalue weighted by Crippen LogP contribution is 2.36. The van der Waals surface area contributed by atoms with Crippen molar-refractivity contribution in [2.24, 2.45) is 0 Å². The molecule has 0 aliphatic carbocycles. The minimum Gasteiger partial charge on any atom is -0.477 e. The van der Waals surface area contributed by atoms with E-state index >= 15 is 0 Å². The van der Waals surface area contributed by atoms with Crippen LogP contribution < -0.4 is 0 Å². The molecule has 2 rings (SSSR count). The highest BCUT2D eigenvalue weighted by atomic mass is 79.9. The topological polar surface area (TPSA) is 71.4 Å². The van der Waals surface area contributed by atoms with Crippen molar-refractivity contribution in [3.05, 3.63) is 33.1 Å². The Kier molecular flexibility index (Phi) is 2.20. The third kappa shape index (κ3) is 1.40. The molecular weight excluding hydrogens is 284 g/mol. The molecule has 1 aliphatic rings. The van der Waals surface area contributed by atoms with Crippen LogP contribution in [0.3, 0.4) is 0 Å². The van der Waals surface area contributed by atoms with Crippen molar-refractivity contribution in [1.82, 2.24) is 0 Å². The Morgan fingerprint density at radius 1 is 1.33 bits per heavy atom. The van der Waals surface area contributed by atoms with E-state index in [9.17, 15) is 13.2 Å². The van der Waals surface area contributed by atoms with Crippen molar-refractivity contribution >= 4 is 37.8 Å². The Bertz CT molecular complexity index is 586. The van der Waals surface area contributed by atoms with E-state index in [2.05, 4.69) is 15.9 Å². The molecule has 0 saturated carbocycles. The molecule has 0 aromatic heterocycles. The van der Waals surface area contributed by atoms with E-state index in [1.54, 1.807) is 12.1 Å². The summed E-state index contributed by atoms with van der Waals surface area (Å²) in [5, 5.41) is 8.75. The van der Waals surface area contributed by atoms with Crippen LogP contribution in [0.25, 0.3) is 6.08 Å². The van der Waals surface area contributed by atoms with E-state index in [4.69, 9.17) is 5.11 Å². The van der Waals surface area contributed by atoms with Crippen LogP contribution in [0.2, 0.25) is 0 Å². The van der Waals surface area contributed by atoms with Crippen LogP contribution in [0.5, 0.6) is 0 Å². The molecular formula is C9H5BrO4S. The van der Waals surface area contributed by atoms with Gasteiger partial charge in [0.25, 0.3) is 0 Å². The van der Waals surface area contributed by atoms with Crippen LogP contribution in [0, 0.1) is 0 Å². The van der Waals surface area contributed by atoms with Gasteiger partial charge in [-0.1, -0.05) is 22.0 Å². The summed E-state index contributed by atoms with van der Waals surface area (Å²) < 4.78 is 24.0. The van der Waals surface area contributed by atoms with Crippen molar-refractivity contribution in [2.45, 2.75) is 4.90 Å². The second kappa shape index (κ2) is 3.18. The average molecular weight is 289 g/mol. The third-order valence-corrected chi connectivity index (χ3v) is 4.58. The predicted molar refractivity (Wildman–Crippen MR) is 56.9 cm³/mol. The maximum Gasteiger partial charge on any atom is 0.347 e. The van der Waals surface area contributed by atoms with Gasteiger partial charge in [-0.05, 0) is 18.2 Å².